The van der Waals surface area contributed by atoms with Gasteiger partial charge in [-0.3, -0.25) is 10.1 Å². The van der Waals surface area contributed by atoms with Crippen molar-refractivity contribution in [3.63, 3.8) is 0 Å². The third-order valence-corrected chi connectivity index (χ3v) is 9.26. The average Bonchev–Trinajstić information content (AvgIpc) is 3.48. The molecule has 1 heterocycles. The van der Waals surface area contributed by atoms with Crippen molar-refractivity contribution >= 4 is 33.0 Å². The van der Waals surface area contributed by atoms with Crippen LogP contribution in [0.15, 0.2) is 89.8 Å². The second-order valence-electron chi connectivity index (χ2n) is 11.7. The fourth-order valence-corrected chi connectivity index (χ4v) is 6.60. The fraction of sp³-hybridized carbons (Fsp3) is 0.387. The van der Waals surface area contributed by atoms with Gasteiger partial charge in [0.1, 0.15) is 0 Å². The summed E-state index contributed by atoms with van der Waals surface area (Å²) in [5.41, 5.74) is 1.31. The number of likely N-dealkylation sites (tertiary alicyclic amines) is 1. The summed E-state index contributed by atoms with van der Waals surface area (Å²) in [7, 11) is -4.08. The molecule has 1 saturated heterocycles. The molecule has 1 aliphatic heterocycles. The molecule has 3 atom stereocenters. The van der Waals surface area contributed by atoms with Crippen LogP contribution in [0.4, 0.5) is 5.69 Å². The molecule has 3 aromatic carbocycles. The van der Waals surface area contributed by atoms with Crippen LogP contribution in [0.3, 0.4) is 0 Å². The van der Waals surface area contributed by atoms with E-state index in [4.69, 9.17) is 12.2 Å². The molecule has 0 unspecified atom stereocenters. The van der Waals surface area contributed by atoms with Crippen molar-refractivity contribution in [3.8, 4) is 0 Å². The van der Waals surface area contributed by atoms with E-state index in [-0.39, 0.29) is 22.0 Å². The maximum Gasteiger partial charge on any atom is 0.269 e. The number of benzene rings is 3. The Morgan fingerprint density at radius 3 is 1.90 bits per heavy atom. The molecular formula is C31H39N5O4S2. The zero-order chi connectivity index (χ0) is 30.3. The lowest BCUT2D eigenvalue weighted by molar-refractivity contribution is -0.384. The summed E-state index contributed by atoms with van der Waals surface area (Å²) in [6.45, 7) is 9.55. The van der Waals surface area contributed by atoms with Gasteiger partial charge in [-0.25, -0.2) is 13.1 Å². The number of nitro groups is 1. The van der Waals surface area contributed by atoms with Crippen LogP contribution in [-0.2, 0) is 10.0 Å². The SMILES string of the molecule is CC(C)(C)[C@@H](CN1CCCC1)NC(=S)N[C@@H](c1ccccc1)[C@@H](NS(=O)(=O)c1ccc([N+](=O)[O-])cc1)c1ccccc1. The minimum atomic E-state index is -4.08. The zero-order valence-electron chi connectivity index (χ0n) is 24.2. The van der Waals surface area contributed by atoms with E-state index in [1.54, 1.807) is 0 Å². The molecule has 11 heteroatoms. The Kier molecular flexibility index (Phi) is 10.3. The quantitative estimate of drug-likeness (QED) is 0.152. The summed E-state index contributed by atoms with van der Waals surface area (Å²) >= 11 is 5.88. The Morgan fingerprint density at radius 2 is 1.40 bits per heavy atom. The minimum Gasteiger partial charge on any atom is -0.358 e. The van der Waals surface area contributed by atoms with E-state index in [0.717, 1.165) is 30.8 Å². The molecule has 0 radical (unpaired) electrons. The third kappa shape index (κ3) is 8.34. The van der Waals surface area contributed by atoms with Gasteiger partial charge in [0.25, 0.3) is 5.69 Å². The lowest BCUT2D eigenvalue weighted by atomic mass is 9.86. The molecule has 1 fully saturated rings. The van der Waals surface area contributed by atoms with Crippen molar-refractivity contribution in [2.45, 2.75) is 56.6 Å². The maximum absolute atomic E-state index is 13.7. The van der Waals surface area contributed by atoms with Crippen molar-refractivity contribution in [1.82, 2.24) is 20.3 Å². The molecule has 0 saturated carbocycles. The van der Waals surface area contributed by atoms with Gasteiger partial charge in [-0.1, -0.05) is 81.4 Å². The molecule has 4 rings (SSSR count). The number of nitrogens with one attached hydrogen (secondary N) is 3. The number of non-ortho nitro benzene ring substituents is 1. The van der Waals surface area contributed by atoms with Gasteiger partial charge in [-0.2, -0.15) is 0 Å². The average molecular weight is 610 g/mol. The normalized spacial score (nSPS) is 16.4. The summed E-state index contributed by atoms with van der Waals surface area (Å²) in [5, 5.41) is 18.5. The Labute approximate surface area is 253 Å². The van der Waals surface area contributed by atoms with Crippen LogP contribution in [0.25, 0.3) is 0 Å². The van der Waals surface area contributed by atoms with E-state index in [9.17, 15) is 18.5 Å². The van der Waals surface area contributed by atoms with Gasteiger partial charge in [0.15, 0.2) is 5.11 Å². The van der Waals surface area contributed by atoms with Crippen LogP contribution in [0.2, 0.25) is 0 Å². The summed E-state index contributed by atoms with van der Waals surface area (Å²) in [6.07, 6.45) is 2.40. The maximum atomic E-state index is 13.7. The summed E-state index contributed by atoms with van der Waals surface area (Å²) in [6, 6.07) is 22.5. The third-order valence-electron chi connectivity index (χ3n) is 7.57. The summed E-state index contributed by atoms with van der Waals surface area (Å²) < 4.78 is 30.2. The van der Waals surface area contributed by atoms with Crippen LogP contribution in [0.5, 0.6) is 0 Å². The van der Waals surface area contributed by atoms with Gasteiger partial charge >= 0.3 is 0 Å². The Bertz CT molecular complexity index is 1440. The number of hydrogen-bond acceptors (Lipinski definition) is 6. The Morgan fingerprint density at radius 1 is 0.881 bits per heavy atom. The molecule has 0 bridgehead atoms. The van der Waals surface area contributed by atoms with Crippen LogP contribution in [0.1, 0.15) is 56.8 Å². The monoisotopic (exact) mass is 609 g/mol. The van der Waals surface area contributed by atoms with E-state index >= 15 is 0 Å². The van der Waals surface area contributed by atoms with Gasteiger partial charge in [0, 0.05) is 24.7 Å². The molecule has 0 amide bonds. The number of hydrogen-bond donors (Lipinski definition) is 3. The smallest absolute Gasteiger partial charge is 0.269 e. The molecular weight excluding hydrogens is 571 g/mol. The second-order valence-corrected chi connectivity index (χ2v) is 13.8. The highest BCUT2D eigenvalue weighted by Gasteiger charge is 2.33. The van der Waals surface area contributed by atoms with E-state index in [1.165, 1.54) is 37.1 Å². The van der Waals surface area contributed by atoms with Crippen molar-refractivity contribution in [2.24, 2.45) is 5.41 Å². The predicted molar refractivity (Wildman–Crippen MR) is 170 cm³/mol. The molecule has 0 aliphatic carbocycles. The molecule has 42 heavy (non-hydrogen) atoms. The predicted octanol–water partition coefficient (Wildman–Crippen LogP) is 5.33. The Balaban J connectivity index is 1.66. The first kappa shape index (κ1) is 31.6. The molecule has 0 spiro atoms. The van der Waals surface area contributed by atoms with Crippen molar-refractivity contribution in [2.75, 3.05) is 19.6 Å². The number of thiocarbonyl (C=S) groups is 1. The molecule has 1 aliphatic rings. The van der Waals surface area contributed by atoms with Gasteiger partial charge in [-0.15, -0.1) is 0 Å². The number of sulfonamides is 1. The molecule has 3 aromatic rings. The van der Waals surface area contributed by atoms with Crippen LogP contribution >= 0.6 is 12.2 Å². The van der Waals surface area contributed by atoms with Crippen LogP contribution in [0, 0.1) is 15.5 Å². The second kappa shape index (κ2) is 13.7. The molecule has 9 nitrogen and oxygen atoms in total. The van der Waals surface area contributed by atoms with E-state index < -0.39 is 27.0 Å². The highest BCUT2D eigenvalue weighted by Crippen LogP contribution is 2.31. The van der Waals surface area contributed by atoms with Crippen molar-refractivity contribution in [3.05, 3.63) is 106 Å². The summed E-state index contributed by atoms with van der Waals surface area (Å²) in [5.74, 6) is 0. The topological polar surface area (TPSA) is 117 Å². The van der Waals surface area contributed by atoms with Gasteiger partial charge < -0.3 is 15.5 Å². The van der Waals surface area contributed by atoms with Crippen molar-refractivity contribution in [1.29, 1.82) is 0 Å². The number of nitrogens with zero attached hydrogens (tertiary/aromatic N) is 2. The highest BCUT2D eigenvalue weighted by molar-refractivity contribution is 7.89. The van der Waals surface area contributed by atoms with Gasteiger partial charge in [-0.05, 0) is 66.8 Å². The van der Waals surface area contributed by atoms with Crippen LogP contribution < -0.4 is 15.4 Å². The minimum absolute atomic E-state index is 0.0685. The fourth-order valence-electron chi connectivity index (χ4n) is 5.09. The molecule has 0 aromatic heterocycles. The lowest BCUT2D eigenvalue weighted by Gasteiger charge is -2.37. The van der Waals surface area contributed by atoms with Gasteiger partial charge in [0.05, 0.1) is 21.9 Å². The van der Waals surface area contributed by atoms with Crippen molar-refractivity contribution < 1.29 is 13.3 Å². The van der Waals surface area contributed by atoms with E-state index in [1.807, 2.05) is 60.7 Å². The first-order valence-electron chi connectivity index (χ1n) is 14.1. The van der Waals surface area contributed by atoms with Crippen LogP contribution in [-0.4, -0.2) is 49.0 Å². The standard InChI is InChI=1S/C31H39N5O4S2/c1-31(2,3)27(22-35-20-10-11-21-35)32-30(41)33-28(23-12-6-4-7-13-23)29(24-14-8-5-9-15-24)34-42(39,40)26-18-16-25(17-19-26)36(37)38/h4-9,12-19,27-29,34H,10-11,20-22H2,1-3H3,(H2,32,33,41)/t27-,28+,29+/m1/s1. The zero-order valence-corrected chi connectivity index (χ0v) is 25.8. The van der Waals surface area contributed by atoms with Gasteiger partial charge in [0.2, 0.25) is 10.0 Å². The molecule has 224 valence electrons. The molecule has 3 N–H and O–H groups in total. The Hall–Kier alpha value is -3.38. The largest absolute Gasteiger partial charge is 0.358 e. The first-order valence-corrected chi connectivity index (χ1v) is 16.0. The summed E-state index contributed by atoms with van der Waals surface area (Å²) in [4.78, 5) is 12.9. The number of nitro benzene ring substituents is 1. The van der Waals surface area contributed by atoms with E-state index in [2.05, 4.69) is 41.0 Å². The first-order chi connectivity index (χ1) is 19.9. The van der Waals surface area contributed by atoms with E-state index in [0.29, 0.717) is 5.11 Å². The highest BCUT2D eigenvalue weighted by atomic mass is 32.2. The lowest BCUT2D eigenvalue weighted by Crippen LogP contribution is -2.54. The number of rotatable bonds is 11.